The molecule has 1 unspecified atom stereocenters. The first-order valence-electron chi connectivity index (χ1n) is 10.5. The highest BCUT2D eigenvalue weighted by atomic mass is 32.2. The Bertz CT molecular complexity index is 1320. The fourth-order valence-electron chi connectivity index (χ4n) is 3.37. The highest BCUT2D eigenvalue weighted by Gasteiger charge is 2.21. The molecule has 4 rings (SSSR count). The van der Waals surface area contributed by atoms with E-state index in [0.29, 0.717) is 16.4 Å². The highest BCUT2D eigenvalue weighted by Crippen LogP contribution is 2.35. The molecular formula is C27H22N4OS. The maximum absolute atomic E-state index is 12.9. The van der Waals surface area contributed by atoms with Crippen molar-refractivity contribution < 1.29 is 4.79 Å². The average molecular weight is 451 g/mol. The maximum atomic E-state index is 12.9. The van der Waals surface area contributed by atoms with Gasteiger partial charge in [-0.3, -0.25) is 4.79 Å². The van der Waals surface area contributed by atoms with Crippen molar-refractivity contribution in [2.24, 2.45) is 0 Å². The molecule has 162 valence electrons. The van der Waals surface area contributed by atoms with Crippen LogP contribution in [-0.2, 0) is 4.79 Å². The summed E-state index contributed by atoms with van der Waals surface area (Å²) in [6.07, 6.45) is 1.66. The Balaban J connectivity index is 1.72. The third kappa shape index (κ3) is 5.28. The number of hydrogen-bond donors (Lipinski definition) is 1. The maximum Gasteiger partial charge on any atom is 0.238 e. The lowest BCUT2D eigenvalue weighted by atomic mass is 9.99. The van der Waals surface area contributed by atoms with E-state index < -0.39 is 5.25 Å². The van der Waals surface area contributed by atoms with Crippen LogP contribution >= 0.6 is 11.8 Å². The first-order chi connectivity index (χ1) is 16.0. The van der Waals surface area contributed by atoms with Gasteiger partial charge < -0.3 is 5.32 Å². The number of hydrogen-bond acceptors (Lipinski definition) is 5. The Morgan fingerprint density at radius 2 is 1.67 bits per heavy atom. The van der Waals surface area contributed by atoms with Gasteiger partial charge in [0.05, 0.1) is 16.5 Å². The van der Waals surface area contributed by atoms with Gasteiger partial charge in [-0.25, -0.2) is 9.97 Å². The van der Waals surface area contributed by atoms with Gasteiger partial charge in [-0.15, -0.1) is 0 Å². The molecule has 4 aromatic rings. The molecule has 1 amide bonds. The van der Waals surface area contributed by atoms with E-state index in [2.05, 4.69) is 16.4 Å². The molecule has 0 saturated heterocycles. The van der Waals surface area contributed by atoms with E-state index in [1.54, 1.807) is 13.1 Å². The Hall–Kier alpha value is -3.95. The normalized spacial score (nSPS) is 11.4. The van der Waals surface area contributed by atoms with Gasteiger partial charge in [0.25, 0.3) is 0 Å². The number of thioether (sulfide) groups is 1. The van der Waals surface area contributed by atoms with Crippen LogP contribution in [-0.4, -0.2) is 21.1 Å². The van der Waals surface area contributed by atoms with E-state index in [4.69, 9.17) is 4.98 Å². The van der Waals surface area contributed by atoms with Crippen LogP contribution in [0.25, 0.3) is 22.4 Å². The van der Waals surface area contributed by atoms with E-state index in [0.717, 1.165) is 27.9 Å². The van der Waals surface area contributed by atoms with Crippen molar-refractivity contribution in [3.05, 3.63) is 96.2 Å². The van der Waals surface area contributed by atoms with Crippen LogP contribution < -0.4 is 5.32 Å². The quantitative estimate of drug-likeness (QED) is 0.359. The molecule has 2 aromatic heterocycles. The number of carbonyl (C=O) groups excluding carboxylic acids is 1. The lowest BCUT2D eigenvalue weighted by Crippen LogP contribution is -2.23. The summed E-state index contributed by atoms with van der Waals surface area (Å²) in [5, 5.41) is 12.9. The minimum Gasteiger partial charge on any atom is -0.310 e. The second-order valence-corrected chi connectivity index (χ2v) is 8.88. The van der Waals surface area contributed by atoms with E-state index in [1.165, 1.54) is 11.8 Å². The van der Waals surface area contributed by atoms with Crippen LogP contribution in [0.1, 0.15) is 18.1 Å². The molecule has 2 aromatic carbocycles. The second-order valence-electron chi connectivity index (χ2n) is 7.55. The molecule has 5 nitrogen and oxygen atoms in total. The molecular weight excluding hydrogens is 428 g/mol. The number of anilines is 1. The number of nitrogens with one attached hydrogen (secondary N) is 1. The summed E-state index contributed by atoms with van der Waals surface area (Å²) in [7, 11) is 0. The summed E-state index contributed by atoms with van der Waals surface area (Å²) in [6, 6.07) is 27.5. The van der Waals surface area contributed by atoms with E-state index in [1.807, 2.05) is 85.8 Å². The molecule has 33 heavy (non-hydrogen) atoms. The second kappa shape index (κ2) is 10.1. The third-order valence-electron chi connectivity index (χ3n) is 5.08. The van der Waals surface area contributed by atoms with Crippen LogP contribution in [0.3, 0.4) is 0 Å². The summed E-state index contributed by atoms with van der Waals surface area (Å²) in [4.78, 5) is 21.8. The molecule has 0 spiro atoms. The molecule has 0 aliphatic carbocycles. The van der Waals surface area contributed by atoms with Gasteiger partial charge in [0, 0.05) is 17.3 Å². The van der Waals surface area contributed by atoms with Gasteiger partial charge in [0.15, 0.2) is 0 Å². The number of rotatable bonds is 6. The Labute approximate surface area is 197 Å². The zero-order chi connectivity index (χ0) is 23.2. The first kappa shape index (κ1) is 22.3. The average Bonchev–Trinajstić information content (AvgIpc) is 2.84. The summed E-state index contributed by atoms with van der Waals surface area (Å²) in [5.74, 6) is 0.305. The number of aromatic nitrogens is 2. The van der Waals surface area contributed by atoms with Crippen molar-refractivity contribution in [3.63, 3.8) is 0 Å². The minimum absolute atomic E-state index is 0.199. The predicted molar refractivity (Wildman–Crippen MR) is 133 cm³/mol. The van der Waals surface area contributed by atoms with Gasteiger partial charge in [-0.2, -0.15) is 5.26 Å². The SMILES string of the molecule is Cc1ccnc(NC(=O)C(C)Sc2nc(-c3ccccc3)cc(-c3ccccc3)c2C#N)c1. The molecule has 0 aliphatic rings. The monoisotopic (exact) mass is 450 g/mol. The molecule has 0 saturated carbocycles. The van der Waals surface area contributed by atoms with E-state index >= 15 is 0 Å². The fourth-order valence-corrected chi connectivity index (χ4v) is 4.30. The summed E-state index contributed by atoms with van der Waals surface area (Å²) < 4.78 is 0. The van der Waals surface area contributed by atoms with E-state index in [9.17, 15) is 10.1 Å². The molecule has 1 N–H and O–H groups in total. The third-order valence-corrected chi connectivity index (χ3v) is 6.16. The number of benzene rings is 2. The molecule has 0 fully saturated rings. The van der Waals surface area contributed by atoms with Gasteiger partial charge >= 0.3 is 0 Å². The van der Waals surface area contributed by atoms with Gasteiger partial charge in [-0.1, -0.05) is 72.4 Å². The lowest BCUT2D eigenvalue weighted by molar-refractivity contribution is -0.115. The van der Waals surface area contributed by atoms with Gasteiger partial charge in [0.2, 0.25) is 5.91 Å². The van der Waals surface area contributed by atoms with Crippen LogP contribution in [0.2, 0.25) is 0 Å². The number of nitriles is 1. The summed E-state index contributed by atoms with van der Waals surface area (Å²) >= 11 is 1.27. The lowest BCUT2D eigenvalue weighted by Gasteiger charge is -2.16. The van der Waals surface area contributed by atoms with Crippen LogP contribution in [0.4, 0.5) is 5.82 Å². The Morgan fingerprint density at radius 3 is 2.30 bits per heavy atom. The highest BCUT2D eigenvalue weighted by molar-refractivity contribution is 8.00. The number of pyridine rings is 2. The van der Waals surface area contributed by atoms with Gasteiger partial charge in [-0.05, 0) is 43.2 Å². The largest absolute Gasteiger partial charge is 0.310 e. The van der Waals surface area contributed by atoms with Gasteiger partial charge in [0.1, 0.15) is 16.9 Å². The Morgan fingerprint density at radius 1 is 1.00 bits per heavy atom. The van der Waals surface area contributed by atoms with Crippen molar-refractivity contribution >= 4 is 23.5 Å². The van der Waals surface area contributed by atoms with Crippen molar-refractivity contribution in [2.75, 3.05) is 5.32 Å². The van der Waals surface area contributed by atoms with Crippen LogP contribution in [0.5, 0.6) is 0 Å². The summed E-state index contributed by atoms with van der Waals surface area (Å²) in [6.45, 7) is 3.74. The molecule has 2 heterocycles. The molecule has 0 radical (unpaired) electrons. The molecule has 0 bridgehead atoms. The number of aryl methyl sites for hydroxylation is 1. The number of nitrogens with zero attached hydrogens (tertiary/aromatic N) is 3. The standard InChI is InChI=1S/C27H22N4OS/c1-18-13-14-29-25(15-18)31-26(32)19(2)33-27-23(17-28)22(20-9-5-3-6-10-20)16-24(30-27)21-11-7-4-8-12-21/h3-16,19H,1-2H3,(H,29,31,32). The van der Waals surface area contributed by atoms with Crippen LogP contribution in [0.15, 0.2) is 90.1 Å². The number of amides is 1. The molecule has 0 aliphatic heterocycles. The summed E-state index contributed by atoms with van der Waals surface area (Å²) in [5.41, 5.74) is 4.89. The first-order valence-corrected chi connectivity index (χ1v) is 11.4. The van der Waals surface area contributed by atoms with E-state index in [-0.39, 0.29) is 5.91 Å². The predicted octanol–water partition coefficient (Wildman–Crippen LogP) is 6.11. The van der Waals surface area contributed by atoms with Crippen molar-refractivity contribution in [1.29, 1.82) is 5.26 Å². The van der Waals surface area contributed by atoms with Crippen molar-refractivity contribution in [3.8, 4) is 28.5 Å². The minimum atomic E-state index is -0.485. The van der Waals surface area contributed by atoms with Crippen molar-refractivity contribution in [2.45, 2.75) is 24.1 Å². The topological polar surface area (TPSA) is 78.7 Å². The smallest absolute Gasteiger partial charge is 0.238 e. The van der Waals surface area contributed by atoms with Crippen molar-refractivity contribution in [1.82, 2.24) is 9.97 Å². The molecule has 6 heteroatoms. The zero-order valence-electron chi connectivity index (χ0n) is 18.3. The number of carbonyl (C=O) groups is 1. The zero-order valence-corrected chi connectivity index (χ0v) is 19.1. The Kier molecular flexibility index (Phi) is 6.82. The van der Waals surface area contributed by atoms with Crippen LogP contribution in [0, 0.1) is 18.3 Å². The fraction of sp³-hybridized carbons (Fsp3) is 0.111. The molecule has 1 atom stereocenters.